The van der Waals surface area contributed by atoms with Crippen LogP contribution < -0.4 is 5.73 Å². The summed E-state index contributed by atoms with van der Waals surface area (Å²) < 4.78 is 5.21. The van der Waals surface area contributed by atoms with Gasteiger partial charge in [0, 0.05) is 12.5 Å². The predicted molar refractivity (Wildman–Crippen MR) is 66.9 cm³/mol. The minimum atomic E-state index is -0.783. The molecule has 0 amide bonds. The van der Waals surface area contributed by atoms with Crippen molar-refractivity contribution in [2.24, 2.45) is 5.73 Å². The maximum atomic E-state index is 10.2. The lowest BCUT2D eigenvalue weighted by molar-refractivity contribution is 0.122. The smallest absolute Gasteiger partial charge is 0.193 e. The third kappa shape index (κ3) is 2.69. The number of aliphatic hydroxyl groups is 1. The maximum absolute atomic E-state index is 10.2. The predicted octanol–water partition coefficient (Wildman–Crippen LogP) is 2.71. The van der Waals surface area contributed by atoms with Gasteiger partial charge >= 0.3 is 0 Å². The summed E-state index contributed by atoms with van der Waals surface area (Å²) in [5.41, 5.74) is 6.70. The lowest BCUT2D eigenvalue weighted by Gasteiger charge is -2.20. The van der Waals surface area contributed by atoms with Gasteiger partial charge in [-0.2, -0.15) is 0 Å². The Bertz CT molecular complexity index is 469. The Kier molecular flexibility index (Phi) is 3.84. The molecular weight excluding hydrogens is 238 g/mol. The molecule has 2 unspecified atom stereocenters. The van der Waals surface area contributed by atoms with Crippen LogP contribution in [0.4, 0.5) is 0 Å². The highest BCUT2D eigenvalue weighted by Gasteiger charge is 2.23. The van der Waals surface area contributed by atoms with E-state index in [2.05, 4.69) is 0 Å². The van der Waals surface area contributed by atoms with Gasteiger partial charge in [0.1, 0.15) is 11.9 Å². The molecule has 17 heavy (non-hydrogen) atoms. The Balaban J connectivity index is 2.25. The topological polar surface area (TPSA) is 59.4 Å². The molecule has 3 N–H and O–H groups in total. The van der Waals surface area contributed by atoms with Gasteiger partial charge in [0.05, 0.1) is 0 Å². The summed E-state index contributed by atoms with van der Waals surface area (Å²) in [5, 5.41) is 10.5. The molecule has 0 saturated heterocycles. The third-order valence-corrected chi connectivity index (χ3v) is 2.95. The molecule has 0 aliphatic rings. The quantitative estimate of drug-likeness (QED) is 0.878. The molecule has 0 aliphatic heterocycles. The fraction of sp³-hybridized carbons (Fsp3) is 0.231. The van der Waals surface area contributed by atoms with E-state index in [9.17, 15) is 5.11 Å². The van der Waals surface area contributed by atoms with Crippen LogP contribution in [0.25, 0.3) is 0 Å². The lowest BCUT2D eigenvalue weighted by Crippen LogP contribution is -2.19. The highest BCUT2D eigenvalue weighted by Crippen LogP contribution is 2.31. The number of furan rings is 1. The fourth-order valence-electron chi connectivity index (χ4n) is 1.83. The van der Waals surface area contributed by atoms with Crippen molar-refractivity contribution in [1.82, 2.24) is 0 Å². The summed E-state index contributed by atoms with van der Waals surface area (Å²) in [5.74, 6) is 0.243. The van der Waals surface area contributed by atoms with E-state index < -0.39 is 6.10 Å². The van der Waals surface area contributed by atoms with Gasteiger partial charge in [-0.05, 0) is 29.3 Å². The summed E-state index contributed by atoms with van der Waals surface area (Å²) in [6, 6.07) is 12.9. The summed E-state index contributed by atoms with van der Waals surface area (Å²) in [7, 11) is 0. The minimum absolute atomic E-state index is 0.196. The molecule has 1 heterocycles. The Labute approximate surface area is 105 Å². The molecule has 2 aromatic rings. The second-order valence-electron chi connectivity index (χ2n) is 3.84. The first kappa shape index (κ1) is 12.2. The number of halogens is 1. The monoisotopic (exact) mass is 251 g/mol. The number of hydrogen-bond acceptors (Lipinski definition) is 3. The van der Waals surface area contributed by atoms with E-state index in [-0.39, 0.29) is 11.1 Å². The van der Waals surface area contributed by atoms with Crippen LogP contribution in [0, 0.1) is 0 Å². The summed E-state index contributed by atoms with van der Waals surface area (Å²) in [4.78, 5) is 0. The summed E-state index contributed by atoms with van der Waals surface area (Å²) >= 11 is 5.69. The number of nitrogens with two attached hydrogens (primary N) is 1. The van der Waals surface area contributed by atoms with Crippen LogP contribution >= 0.6 is 11.6 Å². The van der Waals surface area contributed by atoms with Crippen LogP contribution in [-0.4, -0.2) is 11.7 Å². The number of benzene rings is 1. The van der Waals surface area contributed by atoms with Gasteiger partial charge in [0.15, 0.2) is 5.22 Å². The molecule has 1 aromatic carbocycles. The van der Waals surface area contributed by atoms with E-state index >= 15 is 0 Å². The van der Waals surface area contributed by atoms with Gasteiger partial charge in [0.25, 0.3) is 0 Å². The Morgan fingerprint density at radius 2 is 1.88 bits per heavy atom. The van der Waals surface area contributed by atoms with E-state index in [1.54, 1.807) is 12.1 Å². The molecule has 0 bridgehead atoms. The van der Waals surface area contributed by atoms with Crippen LogP contribution in [0.5, 0.6) is 0 Å². The van der Waals surface area contributed by atoms with E-state index in [1.165, 1.54) is 0 Å². The molecule has 1 aromatic heterocycles. The molecule has 4 heteroatoms. The van der Waals surface area contributed by atoms with Crippen molar-refractivity contribution in [1.29, 1.82) is 0 Å². The highest BCUT2D eigenvalue weighted by atomic mass is 35.5. The highest BCUT2D eigenvalue weighted by molar-refractivity contribution is 6.28. The normalized spacial score (nSPS) is 14.5. The second-order valence-corrected chi connectivity index (χ2v) is 4.21. The van der Waals surface area contributed by atoms with Crippen LogP contribution in [0.2, 0.25) is 5.22 Å². The zero-order valence-corrected chi connectivity index (χ0v) is 9.97. The largest absolute Gasteiger partial charge is 0.447 e. The van der Waals surface area contributed by atoms with Gasteiger partial charge < -0.3 is 15.3 Å². The van der Waals surface area contributed by atoms with Crippen molar-refractivity contribution < 1.29 is 9.52 Å². The standard InChI is InChI=1S/C13H14ClNO2/c14-12-7-6-11(17-12)13(16)10(8-15)9-4-2-1-3-5-9/h1-7,10,13,16H,8,15H2. The van der Waals surface area contributed by atoms with Gasteiger partial charge in [-0.3, -0.25) is 0 Å². The molecule has 2 atom stereocenters. The molecule has 0 fully saturated rings. The van der Waals surface area contributed by atoms with Crippen molar-refractivity contribution in [3.63, 3.8) is 0 Å². The summed E-state index contributed by atoms with van der Waals surface area (Å²) in [6.07, 6.45) is -0.783. The molecule has 0 radical (unpaired) electrons. The fourth-order valence-corrected chi connectivity index (χ4v) is 1.99. The van der Waals surface area contributed by atoms with E-state index in [4.69, 9.17) is 21.8 Å². The number of hydrogen-bond donors (Lipinski definition) is 2. The molecule has 0 aliphatic carbocycles. The third-order valence-electron chi connectivity index (χ3n) is 2.75. The van der Waals surface area contributed by atoms with Crippen molar-refractivity contribution in [2.45, 2.75) is 12.0 Å². The van der Waals surface area contributed by atoms with Gasteiger partial charge in [-0.15, -0.1) is 0 Å². The molecule has 90 valence electrons. The van der Waals surface area contributed by atoms with Crippen LogP contribution in [0.1, 0.15) is 23.3 Å². The van der Waals surface area contributed by atoms with Crippen LogP contribution in [0.3, 0.4) is 0 Å². The minimum Gasteiger partial charge on any atom is -0.447 e. The van der Waals surface area contributed by atoms with Crippen LogP contribution in [0.15, 0.2) is 46.9 Å². The first-order valence-electron chi connectivity index (χ1n) is 5.40. The van der Waals surface area contributed by atoms with Gasteiger partial charge in [0.2, 0.25) is 0 Å². The molecule has 2 rings (SSSR count). The van der Waals surface area contributed by atoms with E-state index in [0.717, 1.165) is 5.56 Å². The maximum Gasteiger partial charge on any atom is 0.193 e. The SMILES string of the molecule is NCC(c1ccccc1)C(O)c1ccc(Cl)o1. The molecular formula is C13H14ClNO2. The summed E-state index contributed by atoms with van der Waals surface area (Å²) in [6.45, 7) is 0.337. The van der Waals surface area contributed by atoms with Gasteiger partial charge in [-0.25, -0.2) is 0 Å². The first-order chi connectivity index (χ1) is 8.22. The zero-order valence-electron chi connectivity index (χ0n) is 9.21. The van der Waals surface area contributed by atoms with Crippen LogP contribution in [-0.2, 0) is 0 Å². The van der Waals surface area contributed by atoms with E-state index in [1.807, 2.05) is 30.3 Å². The second kappa shape index (κ2) is 5.36. The number of aliphatic hydroxyl groups excluding tert-OH is 1. The number of rotatable bonds is 4. The van der Waals surface area contributed by atoms with Crippen molar-refractivity contribution in [3.8, 4) is 0 Å². The molecule has 3 nitrogen and oxygen atoms in total. The lowest BCUT2D eigenvalue weighted by atomic mass is 9.92. The zero-order chi connectivity index (χ0) is 12.3. The Hall–Kier alpha value is -1.29. The van der Waals surface area contributed by atoms with Crippen molar-refractivity contribution in [3.05, 3.63) is 59.0 Å². The Morgan fingerprint density at radius 1 is 1.18 bits per heavy atom. The molecule has 0 saturated carbocycles. The average Bonchev–Trinajstić information content (AvgIpc) is 2.78. The van der Waals surface area contributed by atoms with Crippen molar-refractivity contribution in [2.75, 3.05) is 6.54 Å². The van der Waals surface area contributed by atoms with E-state index in [0.29, 0.717) is 12.3 Å². The molecule has 0 spiro atoms. The Morgan fingerprint density at radius 3 is 2.41 bits per heavy atom. The average molecular weight is 252 g/mol. The first-order valence-corrected chi connectivity index (χ1v) is 5.78. The van der Waals surface area contributed by atoms with Gasteiger partial charge in [-0.1, -0.05) is 30.3 Å². The van der Waals surface area contributed by atoms with Crippen molar-refractivity contribution >= 4 is 11.6 Å².